The first kappa shape index (κ1) is 12.1. The minimum Gasteiger partial charge on any atom is -0.489 e. The van der Waals surface area contributed by atoms with Gasteiger partial charge in [0, 0.05) is 11.8 Å². The molecule has 0 radical (unpaired) electrons. The third kappa shape index (κ3) is 3.31. The fourth-order valence-corrected chi connectivity index (χ4v) is 1.26. The van der Waals surface area contributed by atoms with Crippen LogP contribution in [0.4, 0.5) is 5.69 Å². The van der Waals surface area contributed by atoms with Gasteiger partial charge in [-0.25, -0.2) is 0 Å². The first-order valence-corrected chi connectivity index (χ1v) is 5.10. The molecule has 0 aliphatic rings. The Morgan fingerprint density at radius 1 is 1.44 bits per heavy atom. The smallest absolute Gasteiger partial charge is 0.124 e. The molecule has 0 amide bonds. The molecule has 0 bridgehead atoms. The van der Waals surface area contributed by atoms with Crippen molar-refractivity contribution in [3.63, 3.8) is 0 Å². The van der Waals surface area contributed by atoms with Crippen LogP contribution in [0.25, 0.3) is 0 Å². The average Bonchev–Trinajstić information content (AvgIpc) is 2.28. The summed E-state index contributed by atoms with van der Waals surface area (Å²) in [7, 11) is 0. The largest absolute Gasteiger partial charge is 0.489 e. The molecule has 0 unspecified atom stereocenters. The van der Waals surface area contributed by atoms with Gasteiger partial charge in [0.15, 0.2) is 0 Å². The molecule has 2 nitrogen and oxygen atoms in total. The van der Waals surface area contributed by atoms with E-state index in [1.807, 2.05) is 31.2 Å². The molecule has 0 heterocycles. The van der Waals surface area contributed by atoms with Crippen LogP contribution in [0.2, 0.25) is 0 Å². The number of hydrogen-bond acceptors (Lipinski definition) is 2. The fourth-order valence-electron chi connectivity index (χ4n) is 1.26. The molecule has 0 fully saturated rings. The summed E-state index contributed by atoms with van der Waals surface area (Å²) in [6, 6.07) is 5.62. The van der Waals surface area contributed by atoms with Crippen molar-refractivity contribution in [2.45, 2.75) is 6.92 Å². The van der Waals surface area contributed by atoms with Crippen LogP contribution in [0.3, 0.4) is 0 Å². The summed E-state index contributed by atoms with van der Waals surface area (Å²) in [6.45, 7) is 9.80. The first-order chi connectivity index (χ1) is 7.67. The van der Waals surface area contributed by atoms with Gasteiger partial charge in [0.2, 0.25) is 0 Å². The topological polar surface area (TPSA) is 35.2 Å². The van der Waals surface area contributed by atoms with E-state index in [1.165, 1.54) is 0 Å². The van der Waals surface area contributed by atoms with Crippen molar-refractivity contribution in [3.8, 4) is 5.75 Å². The van der Waals surface area contributed by atoms with Crippen molar-refractivity contribution < 1.29 is 4.74 Å². The summed E-state index contributed by atoms with van der Waals surface area (Å²) in [4.78, 5) is 0. The van der Waals surface area contributed by atoms with Gasteiger partial charge in [-0.1, -0.05) is 37.5 Å². The Balaban J connectivity index is 2.73. The van der Waals surface area contributed by atoms with E-state index in [9.17, 15) is 0 Å². The van der Waals surface area contributed by atoms with Crippen LogP contribution in [0.1, 0.15) is 5.56 Å². The van der Waals surface area contributed by atoms with E-state index >= 15 is 0 Å². The molecule has 1 aromatic carbocycles. The van der Waals surface area contributed by atoms with E-state index in [1.54, 1.807) is 12.2 Å². The minimum atomic E-state index is 0.472. The molecule has 0 atom stereocenters. The lowest BCUT2D eigenvalue weighted by Crippen LogP contribution is -2.01. The van der Waals surface area contributed by atoms with E-state index in [4.69, 9.17) is 10.5 Å². The Hall–Kier alpha value is -1.96. The van der Waals surface area contributed by atoms with Gasteiger partial charge in [0.05, 0.1) is 0 Å². The van der Waals surface area contributed by atoms with Crippen LogP contribution in [-0.4, -0.2) is 6.61 Å². The molecule has 0 spiro atoms. The number of benzene rings is 1. The van der Waals surface area contributed by atoms with Crippen LogP contribution in [0, 0.1) is 6.92 Å². The lowest BCUT2D eigenvalue weighted by Gasteiger charge is -2.10. The van der Waals surface area contributed by atoms with Crippen LogP contribution < -0.4 is 10.5 Å². The molecule has 1 aromatic rings. The number of hydrogen-bond donors (Lipinski definition) is 1. The summed E-state index contributed by atoms with van der Waals surface area (Å²) >= 11 is 0. The Labute approximate surface area is 96.7 Å². The summed E-state index contributed by atoms with van der Waals surface area (Å²) in [5.74, 6) is 0.803. The fraction of sp³-hybridized carbons (Fsp3) is 0.143. The van der Waals surface area contributed by atoms with Gasteiger partial charge in [-0.05, 0) is 24.1 Å². The van der Waals surface area contributed by atoms with E-state index < -0.39 is 0 Å². The SMILES string of the molecule is C=C/C=C(\C=C)COc1cc(N)ccc1C. The second kappa shape index (κ2) is 5.81. The summed E-state index contributed by atoms with van der Waals surface area (Å²) in [5, 5.41) is 0. The summed E-state index contributed by atoms with van der Waals surface area (Å²) in [5.41, 5.74) is 8.45. The van der Waals surface area contributed by atoms with Crippen molar-refractivity contribution in [2.75, 3.05) is 12.3 Å². The lowest BCUT2D eigenvalue weighted by atomic mass is 10.2. The second-order valence-corrected chi connectivity index (χ2v) is 3.50. The Morgan fingerprint density at radius 3 is 2.81 bits per heavy atom. The summed E-state index contributed by atoms with van der Waals surface area (Å²) < 4.78 is 5.66. The number of allylic oxidation sites excluding steroid dienone is 2. The van der Waals surface area contributed by atoms with Gasteiger partial charge < -0.3 is 10.5 Å². The van der Waals surface area contributed by atoms with Crippen molar-refractivity contribution in [1.82, 2.24) is 0 Å². The maximum atomic E-state index is 5.69. The van der Waals surface area contributed by atoms with Gasteiger partial charge in [-0.2, -0.15) is 0 Å². The van der Waals surface area contributed by atoms with Crippen molar-refractivity contribution in [3.05, 3.63) is 60.7 Å². The number of rotatable bonds is 5. The van der Waals surface area contributed by atoms with Gasteiger partial charge in [0.25, 0.3) is 0 Å². The zero-order valence-corrected chi connectivity index (χ0v) is 9.57. The van der Waals surface area contributed by atoms with Crippen LogP contribution >= 0.6 is 0 Å². The Bertz CT molecular complexity index is 419. The van der Waals surface area contributed by atoms with Crippen molar-refractivity contribution in [2.24, 2.45) is 0 Å². The highest BCUT2D eigenvalue weighted by atomic mass is 16.5. The predicted octanol–water partition coefficient (Wildman–Crippen LogP) is 3.25. The molecule has 84 valence electrons. The highest BCUT2D eigenvalue weighted by molar-refractivity contribution is 5.48. The zero-order valence-electron chi connectivity index (χ0n) is 9.57. The van der Waals surface area contributed by atoms with E-state index in [0.29, 0.717) is 12.3 Å². The van der Waals surface area contributed by atoms with Crippen molar-refractivity contribution in [1.29, 1.82) is 0 Å². The molecule has 2 N–H and O–H groups in total. The number of aryl methyl sites for hydroxylation is 1. The standard InChI is InChI=1S/C14H17NO/c1-4-6-12(5-2)10-16-14-9-13(15)8-7-11(14)3/h4-9H,1-2,10,15H2,3H3/b12-6+. The maximum Gasteiger partial charge on any atom is 0.124 e. The van der Waals surface area contributed by atoms with E-state index in [0.717, 1.165) is 16.9 Å². The van der Waals surface area contributed by atoms with Gasteiger partial charge in [-0.15, -0.1) is 0 Å². The van der Waals surface area contributed by atoms with Gasteiger partial charge in [-0.3, -0.25) is 0 Å². The van der Waals surface area contributed by atoms with Crippen LogP contribution in [-0.2, 0) is 0 Å². The maximum absolute atomic E-state index is 5.69. The van der Waals surface area contributed by atoms with Crippen LogP contribution in [0.15, 0.2) is 55.2 Å². The molecular formula is C14H17NO. The number of nitrogen functional groups attached to an aromatic ring is 1. The average molecular weight is 215 g/mol. The van der Waals surface area contributed by atoms with E-state index in [2.05, 4.69) is 13.2 Å². The predicted molar refractivity (Wildman–Crippen MR) is 69.6 cm³/mol. The Kier molecular flexibility index (Phi) is 4.40. The van der Waals surface area contributed by atoms with Gasteiger partial charge >= 0.3 is 0 Å². The third-order valence-corrected chi connectivity index (χ3v) is 2.20. The van der Waals surface area contributed by atoms with Crippen LogP contribution in [0.5, 0.6) is 5.75 Å². The third-order valence-electron chi connectivity index (χ3n) is 2.20. The number of anilines is 1. The molecular weight excluding hydrogens is 198 g/mol. The first-order valence-electron chi connectivity index (χ1n) is 5.10. The highest BCUT2D eigenvalue weighted by Gasteiger charge is 2.00. The monoisotopic (exact) mass is 215 g/mol. The highest BCUT2D eigenvalue weighted by Crippen LogP contribution is 2.21. The molecule has 1 rings (SSSR count). The molecule has 0 saturated heterocycles. The van der Waals surface area contributed by atoms with E-state index in [-0.39, 0.29) is 0 Å². The van der Waals surface area contributed by atoms with Crippen molar-refractivity contribution >= 4 is 5.69 Å². The number of ether oxygens (including phenoxy) is 1. The molecule has 2 heteroatoms. The quantitative estimate of drug-likeness (QED) is 0.604. The molecule has 0 aromatic heterocycles. The summed E-state index contributed by atoms with van der Waals surface area (Å²) in [6.07, 6.45) is 5.34. The Morgan fingerprint density at radius 2 is 2.19 bits per heavy atom. The number of nitrogens with two attached hydrogens (primary N) is 1. The normalized spacial score (nSPS) is 10.9. The molecule has 0 aliphatic heterocycles. The minimum absolute atomic E-state index is 0.472. The molecule has 0 aliphatic carbocycles. The lowest BCUT2D eigenvalue weighted by molar-refractivity contribution is 0.353. The second-order valence-electron chi connectivity index (χ2n) is 3.50. The zero-order chi connectivity index (χ0) is 12.0. The van der Waals surface area contributed by atoms with Gasteiger partial charge in [0.1, 0.15) is 12.4 Å². The molecule has 0 saturated carbocycles. The molecule has 16 heavy (non-hydrogen) atoms.